The van der Waals surface area contributed by atoms with Gasteiger partial charge < -0.3 is 5.32 Å². The van der Waals surface area contributed by atoms with E-state index < -0.39 is 10.0 Å². The van der Waals surface area contributed by atoms with Gasteiger partial charge in [-0.15, -0.1) is 0 Å². The zero-order chi connectivity index (χ0) is 17.9. The largest absolute Gasteiger partial charge is 0.356 e. The molecule has 0 unspecified atom stereocenters. The fraction of sp³-hybridized carbons (Fsp3) is 0.421. The summed E-state index contributed by atoms with van der Waals surface area (Å²) in [5, 5.41) is 4.84. The van der Waals surface area contributed by atoms with E-state index in [-0.39, 0.29) is 11.8 Å². The molecule has 1 heterocycles. The van der Waals surface area contributed by atoms with Crippen molar-refractivity contribution >= 4 is 26.7 Å². The Bertz CT molecular complexity index is 856. The van der Waals surface area contributed by atoms with Crippen LogP contribution in [0.15, 0.2) is 47.4 Å². The molecule has 1 saturated heterocycles. The summed E-state index contributed by atoms with van der Waals surface area (Å²) in [7, 11) is -3.52. The van der Waals surface area contributed by atoms with Gasteiger partial charge in [-0.05, 0) is 42.2 Å². The van der Waals surface area contributed by atoms with E-state index >= 15 is 0 Å². The first kappa shape index (κ1) is 17.9. The number of hydrogen-bond donors (Lipinski definition) is 1. The summed E-state index contributed by atoms with van der Waals surface area (Å²) in [6, 6.07) is 12.9. The van der Waals surface area contributed by atoms with Crippen molar-refractivity contribution in [3.8, 4) is 0 Å². The highest BCUT2D eigenvalue weighted by molar-refractivity contribution is 7.89. The van der Waals surface area contributed by atoms with Crippen LogP contribution in [0.1, 0.15) is 26.2 Å². The third-order valence-corrected chi connectivity index (χ3v) is 6.63. The second kappa shape index (κ2) is 7.54. The lowest BCUT2D eigenvalue weighted by molar-refractivity contribution is -0.126. The molecule has 25 heavy (non-hydrogen) atoms. The standard InChI is InChI=1S/C19H24N2O3S/c1-2-11-20-19(22)16-9-12-21(13-10-16)25(23,24)18-8-7-15-5-3-4-6-17(15)14-18/h3-8,14,16H,2,9-13H2,1H3,(H,20,22). The molecule has 0 atom stereocenters. The van der Waals surface area contributed by atoms with Crippen molar-refractivity contribution in [1.82, 2.24) is 9.62 Å². The maximum atomic E-state index is 12.9. The number of nitrogens with one attached hydrogen (secondary N) is 1. The molecule has 0 aromatic heterocycles. The molecule has 3 rings (SSSR count). The smallest absolute Gasteiger partial charge is 0.243 e. The summed E-state index contributed by atoms with van der Waals surface area (Å²) in [6.07, 6.45) is 2.05. The molecule has 134 valence electrons. The fourth-order valence-corrected chi connectivity index (χ4v) is 4.73. The number of carbonyl (C=O) groups excluding carboxylic acids is 1. The summed E-state index contributed by atoms with van der Waals surface area (Å²) < 4.78 is 27.3. The predicted molar refractivity (Wildman–Crippen MR) is 98.7 cm³/mol. The van der Waals surface area contributed by atoms with Crippen molar-refractivity contribution in [3.05, 3.63) is 42.5 Å². The van der Waals surface area contributed by atoms with Crippen molar-refractivity contribution in [1.29, 1.82) is 0 Å². The lowest BCUT2D eigenvalue weighted by atomic mass is 9.97. The van der Waals surface area contributed by atoms with E-state index in [0.717, 1.165) is 17.2 Å². The minimum Gasteiger partial charge on any atom is -0.356 e. The SMILES string of the molecule is CCCNC(=O)C1CCN(S(=O)(=O)c2ccc3ccccc3c2)CC1. The zero-order valence-corrected chi connectivity index (χ0v) is 15.3. The van der Waals surface area contributed by atoms with Crippen molar-refractivity contribution < 1.29 is 13.2 Å². The van der Waals surface area contributed by atoms with Crippen molar-refractivity contribution in [2.24, 2.45) is 5.92 Å². The Labute approximate surface area is 149 Å². The van der Waals surface area contributed by atoms with Gasteiger partial charge in [-0.2, -0.15) is 4.31 Å². The van der Waals surface area contributed by atoms with Gasteiger partial charge in [0.2, 0.25) is 15.9 Å². The maximum Gasteiger partial charge on any atom is 0.243 e. The summed E-state index contributed by atoms with van der Waals surface area (Å²) in [4.78, 5) is 12.4. The Morgan fingerprint density at radius 1 is 1.12 bits per heavy atom. The molecule has 2 aromatic carbocycles. The van der Waals surface area contributed by atoms with Crippen molar-refractivity contribution in [2.75, 3.05) is 19.6 Å². The Morgan fingerprint density at radius 2 is 1.80 bits per heavy atom. The molecule has 0 saturated carbocycles. The quantitative estimate of drug-likeness (QED) is 0.892. The number of hydrogen-bond acceptors (Lipinski definition) is 3. The van der Waals surface area contributed by atoms with Gasteiger partial charge in [-0.1, -0.05) is 37.3 Å². The lowest BCUT2D eigenvalue weighted by Crippen LogP contribution is -2.43. The molecule has 1 aliphatic heterocycles. The Kier molecular flexibility index (Phi) is 5.39. The topological polar surface area (TPSA) is 66.5 Å². The van der Waals surface area contributed by atoms with Crippen LogP contribution in [0.4, 0.5) is 0 Å². The Balaban J connectivity index is 1.72. The van der Waals surface area contributed by atoms with Crippen LogP contribution in [0.5, 0.6) is 0 Å². The molecule has 1 fully saturated rings. The summed E-state index contributed by atoms with van der Waals surface area (Å²) in [5.74, 6) is -0.0424. The second-order valence-electron chi connectivity index (χ2n) is 6.48. The third kappa shape index (κ3) is 3.85. The number of benzene rings is 2. The zero-order valence-electron chi connectivity index (χ0n) is 14.4. The highest BCUT2D eigenvalue weighted by Gasteiger charge is 2.32. The van der Waals surface area contributed by atoms with E-state index in [9.17, 15) is 13.2 Å². The number of rotatable bonds is 5. The van der Waals surface area contributed by atoms with Gasteiger partial charge in [0.1, 0.15) is 0 Å². The molecule has 0 bridgehead atoms. The van der Waals surface area contributed by atoms with Crippen molar-refractivity contribution in [3.63, 3.8) is 0 Å². The maximum absolute atomic E-state index is 12.9. The number of fused-ring (bicyclic) bond motifs is 1. The van der Waals surface area contributed by atoms with E-state index in [1.807, 2.05) is 37.3 Å². The first-order chi connectivity index (χ1) is 12.0. The third-order valence-electron chi connectivity index (χ3n) is 4.73. The van der Waals surface area contributed by atoms with Crippen LogP contribution >= 0.6 is 0 Å². The van der Waals surface area contributed by atoms with E-state index in [4.69, 9.17) is 0 Å². The van der Waals surface area contributed by atoms with Gasteiger partial charge in [-0.3, -0.25) is 4.79 Å². The second-order valence-corrected chi connectivity index (χ2v) is 8.42. The fourth-order valence-electron chi connectivity index (χ4n) is 3.23. The molecule has 5 nitrogen and oxygen atoms in total. The average Bonchev–Trinajstić information content (AvgIpc) is 2.65. The summed E-state index contributed by atoms with van der Waals surface area (Å²) >= 11 is 0. The van der Waals surface area contributed by atoms with Gasteiger partial charge in [0, 0.05) is 25.6 Å². The molecular formula is C19H24N2O3S. The first-order valence-corrected chi connectivity index (χ1v) is 10.2. The average molecular weight is 360 g/mol. The lowest BCUT2D eigenvalue weighted by Gasteiger charge is -2.30. The summed E-state index contributed by atoms with van der Waals surface area (Å²) in [5.41, 5.74) is 0. The van der Waals surface area contributed by atoms with E-state index in [2.05, 4.69) is 5.32 Å². The van der Waals surface area contributed by atoms with Crippen LogP contribution in [0.2, 0.25) is 0 Å². The van der Waals surface area contributed by atoms with Gasteiger partial charge in [0.25, 0.3) is 0 Å². The van der Waals surface area contributed by atoms with Crippen LogP contribution < -0.4 is 5.32 Å². The normalized spacial score (nSPS) is 16.8. The van der Waals surface area contributed by atoms with E-state index in [1.54, 1.807) is 12.1 Å². The van der Waals surface area contributed by atoms with Gasteiger partial charge in [-0.25, -0.2) is 8.42 Å². The van der Waals surface area contributed by atoms with Crippen molar-refractivity contribution in [2.45, 2.75) is 31.1 Å². The monoisotopic (exact) mass is 360 g/mol. The molecule has 2 aromatic rings. The molecular weight excluding hydrogens is 336 g/mol. The predicted octanol–water partition coefficient (Wildman–Crippen LogP) is 2.77. The van der Waals surface area contributed by atoms with Gasteiger partial charge in [0.15, 0.2) is 0 Å². The number of nitrogens with zero attached hydrogens (tertiary/aromatic N) is 1. The van der Waals surface area contributed by atoms with Crippen LogP contribution in [-0.2, 0) is 14.8 Å². The van der Waals surface area contributed by atoms with Gasteiger partial charge in [0.05, 0.1) is 4.90 Å². The molecule has 1 amide bonds. The molecule has 0 aliphatic carbocycles. The highest BCUT2D eigenvalue weighted by atomic mass is 32.2. The number of carbonyl (C=O) groups is 1. The van der Waals surface area contributed by atoms with Crippen LogP contribution in [0.3, 0.4) is 0 Å². The highest BCUT2D eigenvalue weighted by Crippen LogP contribution is 2.26. The molecule has 1 aliphatic rings. The van der Waals surface area contributed by atoms with E-state index in [1.165, 1.54) is 4.31 Å². The van der Waals surface area contributed by atoms with E-state index in [0.29, 0.717) is 37.4 Å². The number of amides is 1. The van der Waals surface area contributed by atoms with Crippen LogP contribution in [0, 0.1) is 5.92 Å². The molecule has 6 heteroatoms. The first-order valence-electron chi connectivity index (χ1n) is 8.79. The number of sulfonamides is 1. The Morgan fingerprint density at radius 3 is 2.48 bits per heavy atom. The minimum atomic E-state index is -3.52. The Hall–Kier alpha value is -1.92. The molecule has 0 spiro atoms. The minimum absolute atomic E-state index is 0.0459. The summed E-state index contributed by atoms with van der Waals surface area (Å²) in [6.45, 7) is 3.46. The molecule has 1 N–H and O–H groups in total. The molecule has 0 radical (unpaired) electrons. The van der Waals surface area contributed by atoms with Gasteiger partial charge >= 0.3 is 0 Å². The van der Waals surface area contributed by atoms with Crippen LogP contribution in [0.25, 0.3) is 10.8 Å². The number of piperidine rings is 1. The van der Waals surface area contributed by atoms with Crippen LogP contribution in [-0.4, -0.2) is 38.3 Å².